The van der Waals surface area contributed by atoms with E-state index in [4.69, 9.17) is 22.2 Å². The van der Waals surface area contributed by atoms with Gasteiger partial charge >= 0.3 is 0 Å². The molecule has 0 heterocycles. The highest BCUT2D eigenvalue weighted by Crippen LogP contribution is 2.27. The fourth-order valence-electron chi connectivity index (χ4n) is 0.701. The molecule has 0 saturated carbocycles. The summed E-state index contributed by atoms with van der Waals surface area (Å²) in [4.78, 5) is 4.48. The summed E-state index contributed by atoms with van der Waals surface area (Å²) in [5.74, 6) is 6.00. The Morgan fingerprint density at radius 2 is 2.18 bits per heavy atom. The summed E-state index contributed by atoms with van der Waals surface area (Å²) >= 11 is 5.69. The van der Waals surface area contributed by atoms with Crippen molar-refractivity contribution in [3.05, 3.63) is 23.2 Å². The van der Waals surface area contributed by atoms with Gasteiger partial charge in [-0.05, 0) is 12.1 Å². The van der Waals surface area contributed by atoms with E-state index in [-0.39, 0.29) is 0 Å². The van der Waals surface area contributed by atoms with E-state index >= 15 is 0 Å². The summed E-state index contributed by atoms with van der Waals surface area (Å²) in [5, 5.41) is 0.466. The van der Waals surface area contributed by atoms with Crippen LogP contribution in [0.2, 0.25) is 5.02 Å². The van der Waals surface area contributed by atoms with E-state index in [9.17, 15) is 0 Å². The molecule has 1 aromatic carbocycles. The first-order valence-corrected chi connectivity index (χ1v) is 3.36. The molecular formula is C7H8ClNO2. The van der Waals surface area contributed by atoms with E-state index in [1.807, 2.05) is 0 Å². The monoisotopic (exact) mass is 173 g/mol. The van der Waals surface area contributed by atoms with Gasteiger partial charge in [-0.15, -0.1) is 0 Å². The first-order chi connectivity index (χ1) is 5.27. The van der Waals surface area contributed by atoms with Gasteiger partial charge in [0.05, 0.1) is 12.1 Å². The van der Waals surface area contributed by atoms with Crippen LogP contribution in [0.1, 0.15) is 0 Å². The highest BCUT2D eigenvalue weighted by molar-refractivity contribution is 6.32. The van der Waals surface area contributed by atoms with Gasteiger partial charge < -0.3 is 9.57 Å². The third-order valence-corrected chi connectivity index (χ3v) is 1.58. The lowest BCUT2D eigenvalue weighted by molar-refractivity contribution is 0.331. The maximum atomic E-state index is 5.69. The molecular weight excluding hydrogens is 166 g/mol. The van der Waals surface area contributed by atoms with Crippen LogP contribution < -0.4 is 15.5 Å². The van der Waals surface area contributed by atoms with Crippen molar-refractivity contribution in [3.8, 4) is 11.5 Å². The van der Waals surface area contributed by atoms with Crippen molar-refractivity contribution in [2.45, 2.75) is 0 Å². The van der Waals surface area contributed by atoms with Crippen LogP contribution in [-0.4, -0.2) is 7.11 Å². The zero-order valence-electron chi connectivity index (χ0n) is 6.00. The lowest BCUT2D eigenvalue weighted by Gasteiger charge is -2.03. The molecule has 60 valence electrons. The quantitative estimate of drug-likeness (QED) is 0.691. The fraction of sp³-hybridized carbons (Fsp3) is 0.143. The van der Waals surface area contributed by atoms with Crippen LogP contribution in [0.3, 0.4) is 0 Å². The minimum Gasteiger partial charge on any atom is -0.497 e. The molecule has 0 aromatic heterocycles. The Hall–Kier alpha value is -0.930. The summed E-state index contributed by atoms with van der Waals surface area (Å²) in [5.41, 5.74) is 0. The molecule has 4 heteroatoms. The highest BCUT2D eigenvalue weighted by Gasteiger charge is 2.01. The number of halogens is 1. The zero-order valence-corrected chi connectivity index (χ0v) is 6.76. The number of nitrogens with two attached hydrogens (primary N) is 1. The Labute approximate surface area is 69.6 Å². The Bertz CT molecular complexity index is 252. The standard InChI is InChI=1S/C7H8ClNO2/c1-10-5-2-3-6(8)7(4-5)11-9/h2-4H,9H2,1H3. The second-order valence-electron chi connectivity index (χ2n) is 1.91. The van der Waals surface area contributed by atoms with Crippen LogP contribution in [0.5, 0.6) is 11.5 Å². The van der Waals surface area contributed by atoms with Gasteiger partial charge in [-0.1, -0.05) is 11.6 Å². The van der Waals surface area contributed by atoms with Gasteiger partial charge in [-0.2, -0.15) is 5.90 Å². The minimum absolute atomic E-state index is 0.408. The lowest BCUT2D eigenvalue weighted by Crippen LogP contribution is -2.02. The van der Waals surface area contributed by atoms with Crippen molar-refractivity contribution >= 4 is 11.6 Å². The number of benzene rings is 1. The SMILES string of the molecule is COc1ccc(Cl)c(ON)c1. The molecule has 0 unspecified atom stereocenters. The first-order valence-electron chi connectivity index (χ1n) is 2.98. The minimum atomic E-state index is 0.408. The lowest BCUT2D eigenvalue weighted by atomic mass is 10.3. The summed E-state index contributed by atoms with van der Waals surface area (Å²) in [6.45, 7) is 0. The van der Waals surface area contributed by atoms with Crippen molar-refractivity contribution in [2.75, 3.05) is 7.11 Å². The summed E-state index contributed by atoms with van der Waals surface area (Å²) in [7, 11) is 1.56. The van der Waals surface area contributed by atoms with Crippen LogP contribution in [0.4, 0.5) is 0 Å². The van der Waals surface area contributed by atoms with E-state index < -0.39 is 0 Å². The van der Waals surface area contributed by atoms with E-state index in [1.54, 1.807) is 25.3 Å². The molecule has 0 aliphatic rings. The molecule has 0 bridgehead atoms. The molecule has 2 N–H and O–H groups in total. The smallest absolute Gasteiger partial charge is 0.169 e. The molecule has 3 nitrogen and oxygen atoms in total. The number of hydrogen-bond donors (Lipinski definition) is 1. The predicted octanol–water partition coefficient (Wildman–Crippen LogP) is 1.60. The van der Waals surface area contributed by atoms with Crippen LogP contribution in [0.25, 0.3) is 0 Å². The second-order valence-corrected chi connectivity index (χ2v) is 2.32. The van der Waals surface area contributed by atoms with E-state index in [0.29, 0.717) is 16.5 Å². The molecule has 0 atom stereocenters. The van der Waals surface area contributed by atoms with Gasteiger partial charge in [0.15, 0.2) is 5.75 Å². The van der Waals surface area contributed by atoms with Crippen molar-refractivity contribution in [1.82, 2.24) is 0 Å². The van der Waals surface area contributed by atoms with Crippen LogP contribution in [-0.2, 0) is 0 Å². The van der Waals surface area contributed by atoms with Crippen LogP contribution in [0.15, 0.2) is 18.2 Å². The van der Waals surface area contributed by atoms with Gasteiger partial charge in [0.25, 0.3) is 0 Å². The largest absolute Gasteiger partial charge is 0.497 e. The van der Waals surface area contributed by atoms with Gasteiger partial charge in [-0.25, -0.2) is 0 Å². The summed E-state index contributed by atoms with van der Waals surface area (Å²) < 4.78 is 4.92. The van der Waals surface area contributed by atoms with E-state index in [2.05, 4.69) is 4.84 Å². The topological polar surface area (TPSA) is 44.5 Å². The Kier molecular flexibility index (Phi) is 2.57. The molecule has 0 fully saturated rings. The van der Waals surface area contributed by atoms with Crippen molar-refractivity contribution in [2.24, 2.45) is 5.90 Å². The average Bonchev–Trinajstić information content (AvgIpc) is 2.05. The van der Waals surface area contributed by atoms with Crippen molar-refractivity contribution < 1.29 is 9.57 Å². The molecule has 0 aliphatic heterocycles. The maximum absolute atomic E-state index is 5.69. The molecule has 0 amide bonds. The third-order valence-electron chi connectivity index (χ3n) is 1.27. The third kappa shape index (κ3) is 1.76. The Morgan fingerprint density at radius 1 is 1.45 bits per heavy atom. The fourth-order valence-corrected chi connectivity index (χ4v) is 0.863. The Morgan fingerprint density at radius 3 is 2.73 bits per heavy atom. The van der Waals surface area contributed by atoms with Gasteiger partial charge in [0.2, 0.25) is 0 Å². The first kappa shape index (κ1) is 8.17. The number of ether oxygens (including phenoxy) is 1. The van der Waals surface area contributed by atoms with Crippen LogP contribution >= 0.6 is 11.6 Å². The molecule has 1 aromatic rings. The van der Waals surface area contributed by atoms with Crippen LogP contribution in [0, 0.1) is 0 Å². The molecule has 0 aliphatic carbocycles. The molecule has 0 saturated heterocycles. The van der Waals surface area contributed by atoms with Crippen molar-refractivity contribution in [3.63, 3.8) is 0 Å². The van der Waals surface area contributed by atoms with Gasteiger partial charge in [0.1, 0.15) is 5.75 Å². The molecule has 0 spiro atoms. The van der Waals surface area contributed by atoms with Gasteiger partial charge in [0, 0.05) is 6.07 Å². The maximum Gasteiger partial charge on any atom is 0.169 e. The zero-order chi connectivity index (χ0) is 8.27. The molecule has 1 rings (SSSR count). The van der Waals surface area contributed by atoms with E-state index in [0.717, 1.165) is 0 Å². The Balaban J connectivity index is 3.02. The predicted molar refractivity (Wildman–Crippen MR) is 42.8 cm³/mol. The summed E-state index contributed by atoms with van der Waals surface area (Å²) in [6.07, 6.45) is 0. The molecule has 0 radical (unpaired) electrons. The molecule has 11 heavy (non-hydrogen) atoms. The number of rotatable bonds is 2. The number of hydrogen-bond acceptors (Lipinski definition) is 3. The number of methoxy groups -OCH3 is 1. The second kappa shape index (κ2) is 3.46. The highest BCUT2D eigenvalue weighted by atomic mass is 35.5. The average molecular weight is 174 g/mol. The summed E-state index contributed by atoms with van der Waals surface area (Å²) in [6, 6.07) is 5.00. The normalized spacial score (nSPS) is 9.36. The van der Waals surface area contributed by atoms with Crippen molar-refractivity contribution in [1.29, 1.82) is 0 Å². The van der Waals surface area contributed by atoms with E-state index in [1.165, 1.54) is 0 Å². The van der Waals surface area contributed by atoms with Gasteiger partial charge in [-0.3, -0.25) is 0 Å².